The quantitative estimate of drug-likeness (QED) is 0.290. The van der Waals surface area contributed by atoms with Crippen molar-refractivity contribution in [2.45, 2.75) is 18.8 Å². The Morgan fingerprint density at radius 3 is 1.76 bits per heavy atom. The largest absolute Gasteiger partial charge is 0.0725 e. The lowest BCUT2D eigenvalue weighted by Gasteiger charge is -2.35. The molecule has 29 heavy (non-hydrogen) atoms. The van der Waals surface area contributed by atoms with Crippen molar-refractivity contribution in [3.05, 3.63) is 130 Å². The molecule has 0 radical (unpaired) electrons. The lowest BCUT2D eigenvalue weighted by molar-refractivity contribution is 0.766. The van der Waals surface area contributed by atoms with E-state index < -0.39 is 0 Å². The van der Waals surface area contributed by atoms with E-state index in [0.717, 1.165) is 6.42 Å². The van der Waals surface area contributed by atoms with Gasteiger partial charge in [0.15, 0.2) is 0 Å². The second-order valence-electron chi connectivity index (χ2n) is 8.04. The molecule has 1 spiro atoms. The van der Waals surface area contributed by atoms with Gasteiger partial charge in [-0.3, -0.25) is 0 Å². The summed E-state index contributed by atoms with van der Waals surface area (Å²) in [4.78, 5) is 0. The van der Waals surface area contributed by atoms with Crippen molar-refractivity contribution in [2.24, 2.45) is 0 Å². The van der Waals surface area contributed by atoms with E-state index in [-0.39, 0.29) is 5.41 Å². The average Bonchev–Trinajstić information content (AvgIpc) is 2.99. The molecular weight excluding hydrogens is 348 g/mol. The summed E-state index contributed by atoms with van der Waals surface area (Å²) in [5.41, 5.74) is 12.0. The van der Waals surface area contributed by atoms with Crippen molar-refractivity contribution in [2.75, 3.05) is 0 Å². The highest BCUT2D eigenvalue weighted by molar-refractivity contribution is 5.91. The van der Waals surface area contributed by atoms with Gasteiger partial charge in [0.1, 0.15) is 0 Å². The summed E-state index contributed by atoms with van der Waals surface area (Å²) in [6, 6.07) is 33.9. The van der Waals surface area contributed by atoms with Gasteiger partial charge in [0.05, 0.1) is 5.41 Å². The Bertz CT molecular complexity index is 1240. The number of fused-ring (bicyclic) bond motifs is 9. The molecule has 0 amide bonds. The number of hydrogen-bond acceptors (Lipinski definition) is 0. The predicted octanol–water partition coefficient (Wildman–Crippen LogP) is 7.10. The van der Waals surface area contributed by atoms with Gasteiger partial charge in [0, 0.05) is 0 Å². The van der Waals surface area contributed by atoms with Crippen LogP contribution in [0.1, 0.15) is 45.9 Å². The van der Waals surface area contributed by atoms with Crippen LogP contribution in [-0.2, 0) is 11.8 Å². The maximum absolute atomic E-state index is 2.41. The van der Waals surface area contributed by atoms with Crippen LogP contribution in [-0.4, -0.2) is 0 Å². The fourth-order valence-corrected chi connectivity index (χ4v) is 5.42. The number of aryl methyl sites for hydroxylation is 1. The highest BCUT2D eigenvalue weighted by Crippen LogP contribution is 2.58. The summed E-state index contributed by atoms with van der Waals surface area (Å²) in [6.45, 7) is 2.23. The maximum Gasteiger partial charge on any atom is 0.0725 e. The summed E-state index contributed by atoms with van der Waals surface area (Å²) in [5, 5.41) is 0. The van der Waals surface area contributed by atoms with E-state index in [9.17, 15) is 0 Å². The SMILES string of the molecule is CCc1ccc2c(c1)-c1ccccc1C21c2ccccc2C=Cc2ccccc21. The topological polar surface area (TPSA) is 0 Å². The van der Waals surface area contributed by atoms with E-state index >= 15 is 0 Å². The van der Waals surface area contributed by atoms with Gasteiger partial charge in [-0.1, -0.05) is 110 Å². The standard InChI is InChI=1S/C29H22/c1-2-20-15-18-28-24(19-20)23-11-5-8-14-27(23)29(28)25-12-6-3-9-21(25)16-17-22-10-4-7-13-26(22)29/h3-19H,2H2,1H3. The Kier molecular flexibility index (Phi) is 3.46. The molecule has 0 fully saturated rings. The Balaban J connectivity index is 1.85. The van der Waals surface area contributed by atoms with Crippen LogP contribution in [0.25, 0.3) is 23.3 Å². The van der Waals surface area contributed by atoms with Gasteiger partial charge in [-0.2, -0.15) is 0 Å². The normalized spacial score (nSPS) is 14.7. The molecule has 2 aliphatic carbocycles. The molecule has 138 valence electrons. The summed E-state index contributed by atoms with van der Waals surface area (Å²) >= 11 is 0. The van der Waals surface area contributed by atoms with Crippen molar-refractivity contribution in [1.82, 2.24) is 0 Å². The molecule has 0 N–H and O–H groups in total. The van der Waals surface area contributed by atoms with Crippen molar-refractivity contribution in [3.63, 3.8) is 0 Å². The highest BCUT2D eigenvalue weighted by atomic mass is 14.5. The minimum atomic E-state index is -0.283. The van der Waals surface area contributed by atoms with Crippen LogP contribution in [0.15, 0.2) is 91.0 Å². The molecule has 4 aromatic rings. The smallest absolute Gasteiger partial charge is 0.0619 e. The predicted molar refractivity (Wildman–Crippen MR) is 122 cm³/mol. The van der Waals surface area contributed by atoms with Crippen LogP contribution in [0.2, 0.25) is 0 Å². The summed E-state index contributed by atoms with van der Waals surface area (Å²) in [5.74, 6) is 0. The first-order valence-electron chi connectivity index (χ1n) is 10.4. The van der Waals surface area contributed by atoms with E-state index in [4.69, 9.17) is 0 Å². The second-order valence-corrected chi connectivity index (χ2v) is 8.04. The molecule has 0 saturated heterocycles. The molecule has 0 heterocycles. The zero-order valence-corrected chi connectivity index (χ0v) is 16.5. The molecule has 6 rings (SSSR count). The minimum absolute atomic E-state index is 0.283. The number of hydrogen-bond donors (Lipinski definition) is 0. The van der Waals surface area contributed by atoms with Crippen LogP contribution in [0.3, 0.4) is 0 Å². The Morgan fingerprint density at radius 2 is 1.10 bits per heavy atom. The van der Waals surface area contributed by atoms with E-state index in [1.807, 2.05) is 0 Å². The molecule has 0 aromatic heterocycles. The highest BCUT2D eigenvalue weighted by Gasteiger charge is 2.48. The monoisotopic (exact) mass is 370 g/mol. The van der Waals surface area contributed by atoms with Gasteiger partial charge >= 0.3 is 0 Å². The fourth-order valence-electron chi connectivity index (χ4n) is 5.42. The molecule has 4 aromatic carbocycles. The fraction of sp³-hybridized carbons (Fsp3) is 0.103. The van der Waals surface area contributed by atoms with E-state index in [1.54, 1.807) is 0 Å². The molecule has 0 heteroatoms. The molecular formula is C29H22. The van der Waals surface area contributed by atoms with E-state index in [1.165, 1.54) is 50.1 Å². The van der Waals surface area contributed by atoms with Gasteiger partial charge in [0.2, 0.25) is 0 Å². The first-order chi connectivity index (χ1) is 14.3. The lowest BCUT2D eigenvalue weighted by atomic mass is 9.66. The summed E-state index contributed by atoms with van der Waals surface area (Å²) < 4.78 is 0. The third kappa shape index (κ3) is 2.09. The van der Waals surface area contributed by atoms with Crippen LogP contribution in [0.4, 0.5) is 0 Å². The van der Waals surface area contributed by atoms with E-state index in [2.05, 4.69) is 110 Å². The average molecular weight is 370 g/mol. The van der Waals surface area contributed by atoms with Crippen LogP contribution in [0.5, 0.6) is 0 Å². The lowest BCUT2D eigenvalue weighted by Crippen LogP contribution is -2.29. The first kappa shape index (κ1) is 16.6. The van der Waals surface area contributed by atoms with Crippen LogP contribution >= 0.6 is 0 Å². The Morgan fingerprint density at radius 1 is 0.552 bits per heavy atom. The van der Waals surface area contributed by atoms with Gasteiger partial charge in [-0.05, 0) is 56.5 Å². The van der Waals surface area contributed by atoms with Crippen molar-refractivity contribution >= 4 is 12.2 Å². The molecule has 0 saturated carbocycles. The van der Waals surface area contributed by atoms with Crippen molar-refractivity contribution in [3.8, 4) is 11.1 Å². The summed E-state index contributed by atoms with van der Waals surface area (Å²) in [6.07, 6.45) is 5.62. The third-order valence-corrected chi connectivity index (χ3v) is 6.69. The molecule has 2 aliphatic rings. The van der Waals surface area contributed by atoms with Gasteiger partial charge in [0.25, 0.3) is 0 Å². The Labute approximate surface area is 172 Å². The first-order valence-corrected chi connectivity index (χ1v) is 10.4. The van der Waals surface area contributed by atoms with Crippen LogP contribution < -0.4 is 0 Å². The van der Waals surface area contributed by atoms with Crippen molar-refractivity contribution < 1.29 is 0 Å². The minimum Gasteiger partial charge on any atom is -0.0619 e. The zero-order valence-electron chi connectivity index (χ0n) is 16.5. The zero-order chi connectivity index (χ0) is 19.4. The van der Waals surface area contributed by atoms with Crippen LogP contribution in [0, 0.1) is 0 Å². The molecule has 0 atom stereocenters. The van der Waals surface area contributed by atoms with Gasteiger partial charge in [-0.25, -0.2) is 0 Å². The second kappa shape index (κ2) is 6.06. The van der Waals surface area contributed by atoms with Crippen molar-refractivity contribution in [1.29, 1.82) is 0 Å². The molecule has 0 bridgehead atoms. The molecule has 0 aliphatic heterocycles. The van der Waals surface area contributed by atoms with E-state index in [0.29, 0.717) is 0 Å². The molecule has 0 unspecified atom stereocenters. The number of rotatable bonds is 1. The maximum atomic E-state index is 2.41. The van der Waals surface area contributed by atoms with Gasteiger partial charge < -0.3 is 0 Å². The Hall–Kier alpha value is -3.38. The molecule has 0 nitrogen and oxygen atoms in total. The third-order valence-electron chi connectivity index (χ3n) is 6.69. The summed E-state index contributed by atoms with van der Waals surface area (Å²) in [7, 11) is 0. The van der Waals surface area contributed by atoms with Gasteiger partial charge in [-0.15, -0.1) is 0 Å². The number of benzene rings is 4.